The summed E-state index contributed by atoms with van der Waals surface area (Å²) in [5.41, 5.74) is 0.209. The topological polar surface area (TPSA) is 84.4 Å². The molecule has 0 bridgehead atoms. The van der Waals surface area contributed by atoms with E-state index >= 15 is 0 Å². The first-order valence-corrected chi connectivity index (χ1v) is 8.16. The van der Waals surface area contributed by atoms with Crippen LogP contribution in [-0.2, 0) is 4.79 Å². The zero-order chi connectivity index (χ0) is 16.2. The Balaban J connectivity index is 1.61. The lowest BCUT2D eigenvalue weighted by atomic mass is 9.94. The molecular weight excluding hydrogens is 296 g/mol. The zero-order valence-electron chi connectivity index (χ0n) is 13.3. The van der Waals surface area contributed by atoms with E-state index in [0.717, 1.165) is 19.4 Å². The molecule has 1 aromatic rings. The van der Waals surface area contributed by atoms with E-state index in [0.29, 0.717) is 18.3 Å². The second-order valence-corrected chi connectivity index (χ2v) is 6.08. The summed E-state index contributed by atoms with van der Waals surface area (Å²) in [4.78, 5) is 34.6. The standard InChI is InChI=1S/C16H22N4O3/c1-23-14-9-13(17-10-18-14)15(21)19-12-7-8-20(16(12)22)11-5-3-2-4-6-11/h9-12H,2-8H2,1H3,(H,19,21). The van der Waals surface area contributed by atoms with Gasteiger partial charge in [-0.25, -0.2) is 9.97 Å². The molecule has 7 nitrogen and oxygen atoms in total. The van der Waals surface area contributed by atoms with Crippen molar-refractivity contribution >= 4 is 11.8 Å². The fourth-order valence-electron chi connectivity index (χ4n) is 3.40. The zero-order valence-corrected chi connectivity index (χ0v) is 13.3. The van der Waals surface area contributed by atoms with E-state index < -0.39 is 6.04 Å². The van der Waals surface area contributed by atoms with Gasteiger partial charge in [-0.05, 0) is 19.3 Å². The summed E-state index contributed by atoms with van der Waals surface area (Å²) in [6.45, 7) is 0.724. The molecule has 1 saturated heterocycles. The van der Waals surface area contributed by atoms with Gasteiger partial charge in [0, 0.05) is 18.7 Å². The number of nitrogens with one attached hydrogen (secondary N) is 1. The van der Waals surface area contributed by atoms with Crippen LogP contribution in [0.5, 0.6) is 5.88 Å². The molecule has 7 heteroatoms. The second-order valence-electron chi connectivity index (χ2n) is 6.08. The number of hydrogen-bond donors (Lipinski definition) is 1. The molecule has 2 fully saturated rings. The van der Waals surface area contributed by atoms with Crippen LogP contribution in [0.2, 0.25) is 0 Å². The first kappa shape index (κ1) is 15.7. The van der Waals surface area contributed by atoms with Crippen LogP contribution in [0.15, 0.2) is 12.4 Å². The van der Waals surface area contributed by atoms with Gasteiger partial charge in [-0.15, -0.1) is 0 Å². The number of rotatable bonds is 4. The first-order chi connectivity index (χ1) is 11.2. The summed E-state index contributed by atoms with van der Waals surface area (Å²) < 4.78 is 4.99. The smallest absolute Gasteiger partial charge is 0.270 e. The number of amides is 2. The highest BCUT2D eigenvalue weighted by molar-refractivity contribution is 5.96. The Morgan fingerprint density at radius 2 is 2.04 bits per heavy atom. The summed E-state index contributed by atoms with van der Waals surface area (Å²) >= 11 is 0. The van der Waals surface area contributed by atoms with Gasteiger partial charge in [0.25, 0.3) is 5.91 Å². The van der Waals surface area contributed by atoms with Crippen LogP contribution in [-0.4, -0.2) is 52.4 Å². The van der Waals surface area contributed by atoms with Gasteiger partial charge in [0.05, 0.1) is 7.11 Å². The van der Waals surface area contributed by atoms with Crippen LogP contribution in [0, 0.1) is 0 Å². The fourth-order valence-corrected chi connectivity index (χ4v) is 3.40. The fraction of sp³-hybridized carbons (Fsp3) is 0.625. The van der Waals surface area contributed by atoms with Crippen LogP contribution in [0.25, 0.3) is 0 Å². The Labute approximate surface area is 135 Å². The molecule has 3 rings (SSSR count). The highest BCUT2D eigenvalue weighted by Gasteiger charge is 2.37. The molecule has 124 valence electrons. The molecule has 1 aliphatic carbocycles. The molecule has 1 N–H and O–H groups in total. The number of nitrogens with zero attached hydrogens (tertiary/aromatic N) is 3. The van der Waals surface area contributed by atoms with Crippen LogP contribution in [0.3, 0.4) is 0 Å². The van der Waals surface area contributed by atoms with Crippen molar-refractivity contribution in [3.63, 3.8) is 0 Å². The van der Waals surface area contributed by atoms with E-state index in [4.69, 9.17) is 4.74 Å². The summed E-state index contributed by atoms with van der Waals surface area (Å²) in [6, 6.07) is 1.36. The maximum atomic E-state index is 12.5. The Bertz CT molecular complexity index is 586. The van der Waals surface area contributed by atoms with Crippen LogP contribution in [0.4, 0.5) is 0 Å². The van der Waals surface area contributed by atoms with Gasteiger partial charge in [-0.1, -0.05) is 19.3 Å². The molecule has 2 heterocycles. The van der Waals surface area contributed by atoms with Crippen molar-refractivity contribution in [3.8, 4) is 5.88 Å². The summed E-state index contributed by atoms with van der Waals surface area (Å²) in [7, 11) is 1.48. The summed E-state index contributed by atoms with van der Waals surface area (Å²) in [5, 5.41) is 2.79. The Morgan fingerprint density at radius 1 is 1.26 bits per heavy atom. The molecule has 1 aromatic heterocycles. The third-order valence-corrected chi connectivity index (χ3v) is 4.64. The lowest BCUT2D eigenvalue weighted by Crippen LogP contribution is -2.45. The van der Waals surface area contributed by atoms with Crippen LogP contribution >= 0.6 is 0 Å². The molecule has 1 unspecified atom stereocenters. The molecule has 0 radical (unpaired) electrons. The van der Waals surface area contributed by atoms with Crippen molar-refractivity contribution in [2.24, 2.45) is 0 Å². The predicted molar refractivity (Wildman–Crippen MR) is 83.0 cm³/mol. The highest BCUT2D eigenvalue weighted by atomic mass is 16.5. The summed E-state index contributed by atoms with van der Waals surface area (Å²) in [5.74, 6) is -0.00690. The number of carbonyl (C=O) groups excluding carboxylic acids is 2. The number of aromatic nitrogens is 2. The maximum Gasteiger partial charge on any atom is 0.270 e. The minimum Gasteiger partial charge on any atom is -0.481 e. The third-order valence-electron chi connectivity index (χ3n) is 4.64. The molecule has 1 aliphatic heterocycles. The number of hydrogen-bond acceptors (Lipinski definition) is 5. The average Bonchev–Trinajstić information content (AvgIpc) is 2.96. The van der Waals surface area contributed by atoms with Gasteiger partial charge in [0.2, 0.25) is 11.8 Å². The van der Waals surface area contributed by atoms with Crippen molar-refractivity contribution in [3.05, 3.63) is 18.1 Å². The first-order valence-electron chi connectivity index (χ1n) is 8.16. The summed E-state index contributed by atoms with van der Waals surface area (Å²) in [6.07, 6.45) is 7.72. The largest absolute Gasteiger partial charge is 0.481 e. The number of ether oxygens (including phenoxy) is 1. The monoisotopic (exact) mass is 318 g/mol. The SMILES string of the molecule is COc1cc(C(=O)NC2CCN(C3CCCCC3)C2=O)ncn1. The molecule has 0 spiro atoms. The molecule has 23 heavy (non-hydrogen) atoms. The third kappa shape index (κ3) is 3.43. The van der Waals surface area contributed by atoms with Gasteiger partial charge >= 0.3 is 0 Å². The molecule has 1 atom stereocenters. The van der Waals surface area contributed by atoms with Crippen LogP contribution < -0.4 is 10.1 Å². The van der Waals surface area contributed by atoms with E-state index in [2.05, 4.69) is 15.3 Å². The highest BCUT2D eigenvalue weighted by Crippen LogP contribution is 2.26. The van der Waals surface area contributed by atoms with Gasteiger partial charge in [-0.3, -0.25) is 9.59 Å². The Kier molecular flexibility index (Phi) is 4.73. The van der Waals surface area contributed by atoms with E-state index in [-0.39, 0.29) is 17.5 Å². The number of carbonyl (C=O) groups is 2. The van der Waals surface area contributed by atoms with Crippen molar-refractivity contribution in [2.45, 2.75) is 50.6 Å². The van der Waals surface area contributed by atoms with Crippen molar-refractivity contribution in [2.75, 3.05) is 13.7 Å². The van der Waals surface area contributed by atoms with Crippen molar-refractivity contribution < 1.29 is 14.3 Å². The Morgan fingerprint density at radius 3 is 2.78 bits per heavy atom. The van der Waals surface area contributed by atoms with Crippen molar-refractivity contribution in [1.82, 2.24) is 20.2 Å². The quantitative estimate of drug-likeness (QED) is 0.900. The molecule has 0 aromatic carbocycles. The minimum atomic E-state index is -0.453. The Hall–Kier alpha value is -2.18. The second kappa shape index (κ2) is 6.93. The molecule has 1 saturated carbocycles. The molecular formula is C16H22N4O3. The number of methoxy groups -OCH3 is 1. The van der Waals surface area contributed by atoms with E-state index in [1.165, 1.54) is 38.8 Å². The van der Waals surface area contributed by atoms with E-state index in [1.54, 1.807) is 0 Å². The lowest BCUT2D eigenvalue weighted by molar-refractivity contribution is -0.131. The predicted octanol–water partition coefficient (Wildman–Crippen LogP) is 1.15. The van der Waals surface area contributed by atoms with Crippen LogP contribution in [0.1, 0.15) is 49.0 Å². The van der Waals surface area contributed by atoms with Gasteiger partial charge in [0.15, 0.2) is 0 Å². The number of likely N-dealkylation sites (tertiary alicyclic amines) is 1. The molecule has 2 aliphatic rings. The minimum absolute atomic E-state index is 0.0336. The normalized spacial score (nSPS) is 22.2. The van der Waals surface area contributed by atoms with Gasteiger partial charge in [0.1, 0.15) is 18.1 Å². The average molecular weight is 318 g/mol. The van der Waals surface area contributed by atoms with Gasteiger partial charge in [-0.2, -0.15) is 0 Å². The molecule has 2 amide bonds. The van der Waals surface area contributed by atoms with Gasteiger partial charge < -0.3 is 15.0 Å². The maximum absolute atomic E-state index is 12.5. The van der Waals surface area contributed by atoms with E-state index in [9.17, 15) is 9.59 Å². The van der Waals surface area contributed by atoms with E-state index in [1.807, 2.05) is 4.90 Å². The lowest BCUT2D eigenvalue weighted by Gasteiger charge is -2.31. The van der Waals surface area contributed by atoms with Crippen molar-refractivity contribution in [1.29, 1.82) is 0 Å².